The first-order valence-corrected chi connectivity index (χ1v) is 8.58. The number of benzene rings is 2. The predicted molar refractivity (Wildman–Crippen MR) is 95.9 cm³/mol. The molecule has 1 aliphatic heterocycles. The highest BCUT2D eigenvalue weighted by molar-refractivity contribution is 5.67. The van der Waals surface area contributed by atoms with Gasteiger partial charge >= 0.3 is 6.09 Å². The average Bonchev–Trinajstić information content (AvgIpc) is 2.61. The molecular weight excluding hydrogens is 319 g/mol. The Morgan fingerprint density at radius 3 is 2.64 bits per heavy atom. The molecule has 1 saturated heterocycles. The third kappa shape index (κ3) is 4.72. The SMILES string of the molecule is CC1CC(NC(=O)OCc2ccccc2)CN(c2ccccc2F)C1. The second kappa shape index (κ2) is 8.01. The van der Waals surface area contributed by atoms with E-state index in [2.05, 4.69) is 12.2 Å². The van der Waals surface area contributed by atoms with Crippen molar-refractivity contribution in [2.45, 2.75) is 26.0 Å². The summed E-state index contributed by atoms with van der Waals surface area (Å²) in [4.78, 5) is 14.1. The fourth-order valence-corrected chi connectivity index (χ4v) is 3.29. The Labute approximate surface area is 147 Å². The van der Waals surface area contributed by atoms with Gasteiger partial charge in [0.05, 0.1) is 5.69 Å². The van der Waals surface area contributed by atoms with E-state index in [4.69, 9.17) is 4.74 Å². The molecule has 1 N–H and O–H groups in total. The van der Waals surface area contributed by atoms with Gasteiger partial charge in [-0.2, -0.15) is 0 Å². The Morgan fingerprint density at radius 2 is 1.88 bits per heavy atom. The van der Waals surface area contributed by atoms with E-state index in [0.717, 1.165) is 18.5 Å². The van der Waals surface area contributed by atoms with Gasteiger partial charge in [-0.05, 0) is 30.0 Å². The molecule has 0 radical (unpaired) electrons. The summed E-state index contributed by atoms with van der Waals surface area (Å²) in [6.45, 7) is 3.70. The molecule has 2 aromatic rings. The maximum Gasteiger partial charge on any atom is 0.407 e. The second-order valence-electron chi connectivity index (χ2n) is 6.60. The minimum absolute atomic E-state index is 0.0633. The molecule has 25 heavy (non-hydrogen) atoms. The first-order chi connectivity index (χ1) is 12.1. The molecule has 1 aliphatic rings. The Morgan fingerprint density at radius 1 is 1.16 bits per heavy atom. The van der Waals surface area contributed by atoms with Gasteiger partial charge in [-0.3, -0.25) is 0 Å². The van der Waals surface area contributed by atoms with Crippen LogP contribution in [0.5, 0.6) is 0 Å². The van der Waals surface area contributed by atoms with Crippen LogP contribution < -0.4 is 10.2 Å². The summed E-state index contributed by atoms with van der Waals surface area (Å²) >= 11 is 0. The summed E-state index contributed by atoms with van der Waals surface area (Å²) < 4.78 is 19.3. The van der Waals surface area contributed by atoms with E-state index < -0.39 is 6.09 Å². The number of piperidine rings is 1. The van der Waals surface area contributed by atoms with Crippen LogP contribution in [0.25, 0.3) is 0 Å². The third-order valence-electron chi connectivity index (χ3n) is 4.39. The van der Waals surface area contributed by atoms with E-state index in [1.165, 1.54) is 6.07 Å². The van der Waals surface area contributed by atoms with Crippen molar-refractivity contribution in [1.29, 1.82) is 0 Å². The van der Waals surface area contributed by atoms with Crippen molar-refractivity contribution in [3.8, 4) is 0 Å². The second-order valence-corrected chi connectivity index (χ2v) is 6.60. The van der Waals surface area contributed by atoms with Crippen molar-refractivity contribution in [2.24, 2.45) is 5.92 Å². The number of ether oxygens (including phenoxy) is 1. The van der Waals surface area contributed by atoms with Crippen LogP contribution in [0.1, 0.15) is 18.9 Å². The summed E-state index contributed by atoms with van der Waals surface area (Å²) in [6, 6.07) is 16.3. The fourth-order valence-electron chi connectivity index (χ4n) is 3.29. The number of nitrogens with one attached hydrogen (secondary N) is 1. The molecule has 1 amide bonds. The zero-order valence-corrected chi connectivity index (χ0v) is 14.3. The number of alkyl carbamates (subject to hydrolysis) is 1. The van der Waals surface area contributed by atoms with Gasteiger partial charge in [0.25, 0.3) is 0 Å². The first-order valence-electron chi connectivity index (χ1n) is 8.58. The van der Waals surface area contributed by atoms with Gasteiger partial charge in [0, 0.05) is 19.1 Å². The summed E-state index contributed by atoms with van der Waals surface area (Å²) in [7, 11) is 0. The zero-order valence-electron chi connectivity index (χ0n) is 14.3. The summed E-state index contributed by atoms with van der Waals surface area (Å²) in [5.74, 6) is 0.120. The smallest absolute Gasteiger partial charge is 0.407 e. The van der Waals surface area contributed by atoms with E-state index >= 15 is 0 Å². The monoisotopic (exact) mass is 342 g/mol. The average molecular weight is 342 g/mol. The lowest BCUT2D eigenvalue weighted by Crippen LogP contribution is -2.50. The number of carbonyl (C=O) groups is 1. The molecule has 132 valence electrons. The number of para-hydroxylation sites is 1. The fraction of sp³-hybridized carbons (Fsp3) is 0.350. The van der Waals surface area contributed by atoms with Crippen molar-refractivity contribution in [2.75, 3.05) is 18.0 Å². The maximum atomic E-state index is 14.0. The minimum Gasteiger partial charge on any atom is -0.445 e. The predicted octanol–water partition coefficient (Wildman–Crippen LogP) is 3.97. The number of amides is 1. The number of hydrogen-bond acceptors (Lipinski definition) is 3. The number of carbonyl (C=O) groups excluding carboxylic acids is 1. The van der Waals surface area contributed by atoms with Gasteiger partial charge in [-0.1, -0.05) is 49.4 Å². The summed E-state index contributed by atoms with van der Waals surface area (Å²) in [5.41, 5.74) is 1.53. The summed E-state index contributed by atoms with van der Waals surface area (Å²) in [5, 5.41) is 2.91. The lowest BCUT2D eigenvalue weighted by Gasteiger charge is -2.38. The number of halogens is 1. The number of anilines is 1. The molecule has 1 heterocycles. The Balaban J connectivity index is 1.56. The van der Waals surface area contributed by atoms with Gasteiger partial charge in [-0.15, -0.1) is 0 Å². The van der Waals surface area contributed by atoms with Crippen LogP contribution in [0.2, 0.25) is 0 Å². The first kappa shape index (κ1) is 17.3. The largest absolute Gasteiger partial charge is 0.445 e. The highest BCUT2D eigenvalue weighted by Crippen LogP contribution is 2.25. The Bertz CT molecular complexity index is 708. The van der Waals surface area contributed by atoms with Crippen LogP contribution in [0.4, 0.5) is 14.9 Å². The molecule has 0 saturated carbocycles. The van der Waals surface area contributed by atoms with Crippen LogP contribution in [0, 0.1) is 11.7 Å². The zero-order chi connectivity index (χ0) is 17.6. The van der Waals surface area contributed by atoms with E-state index in [9.17, 15) is 9.18 Å². The molecular formula is C20H23FN2O2. The van der Waals surface area contributed by atoms with E-state index in [1.807, 2.05) is 41.3 Å². The van der Waals surface area contributed by atoms with Crippen LogP contribution in [0.15, 0.2) is 54.6 Å². The molecule has 1 fully saturated rings. The van der Waals surface area contributed by atoms with Crippen LogP contribution in [0.3, 0.4) is 0 Å². The van der Waals surface area contributed by atoms with Gasteiger partial charge < -0.3 is 15.0 Å². The number of hydrogen-bond donors (Lipinski definition) is 1. The van der Waals surface area contributed by atoms with Crippen molar-refractivity contribution in [3.63, 3.8) is 0 Å². The van der Waals surface area contributed by atoms with Gasteiger partial charge in [0.1, 0.15) is 12.4 Å². The van der Waals surface area contributed by atoms with Crippen molar-refractivity contribution < 1.29 is 13.9 Å². The van der Waals surface area contributed by atoms with Crippen LogP contribution in [-0.2, 0) is 11.3 Å². The molecule has 5 heteroatoms. The molecule has 4 nitrogen and oxygen atoms in total. The van der Waals surface area contributed by atoms with Crippen molar-refractivity contribution >= 4 is 11.8 Å². The lowest BCUT2D eigenvalue weighted by molar-refractivity contribution is 0.133. The van der Waals surface area contributed by atoms with Gasteiger partial charge in [0.2, 0.25) is 0 Å². The van der Waals surface area contributed by atoms with E-state index in [0.29, 0.717) is 18.2 Å². The van der Waals surface area contributed by atoms with Crippen LogP contribution >= 0.6 is 0 Å². The third-order valence-corrected chi connectivity index (χ3v) is 4.39. The molecule has 2 unspecified atom stereocenters. The molecule has 2 atom stereocenters. The standard InChI is InChI=1S/C20H23FN2O2/c1-15-11-17(13-23(12-15)19-10-6-5-9-18(19)21)22-20(24)25-14-16-7-3-2-4-8-16/h2-10,15,17H,11-14H2,1H3,(H,22,24). The van der Waals surface area contributed by atoms with E-state index in [1.54, 1.807) is 12.1 Å². The normalized spacial score (nSPS) is 20.2. The molecule has 0 aromatic heterocycles. The highest BCUT2D eigenvalue weighted by atomic mass is 19.1. The number of rotatable bonds is 4. The van der Waals surface area contributed by atoms with E-state index in [-0.39, 0.29) is 18.5 Å². The molecule has 0 aliphatic carbocycles. The van der Waals surface area contributed by atoms with Crippen molar-refractivity contribution in [3.05, 3.63) is 66.0 Å². The summed E-state index contributed by atoms with van der Waals surface area (Å²) in [6.07, 6.45) is 0.419. The highest BCUT2D eigenvalue weighted by Gasteiger charge is 2.27. The Hall–Kier alpha value is -2.56. The maximum absolute atomic E-state index is 14.0. The Kier molecular flexibility index (Phi) is 5.53. The minimum atomic E-state index is -0.434. The van der Waals surface area contributed by atoms with Crippen molar-refractivity contribution in [1.82, 2.24) is 5.32 Å². The molecule has 3 rings (SSSR count). The molecule has 0 spiro atoms. The lowest BCUT2D eigenvalue weighted by atomic mass is 9.95. The van der Waals surface area contributed by atoms with Gasteiger partial charge in [-0.25, -0.2) is 9.18 Å². The number of nitrogens with zero attached hydrogens (tertiary/aromatic N) is 1. The topological polar surface area (TPSA) is 41.6 Å². The van der Waals surface area contributed by atoms with Gasteiger partial charge in [0.15, 0.2) is 0 Å². The van der Waals surface area contributed by atoms with Crippen LogP contribution in [-0.4, -0.2) is 25.2 Å². The molecule has 2 aromatic carbocycles. The molecule has 0 bridgehead atoms. The quantitative estimate of drug-likeness (QED) is 0.914.